The standard InChI is InChI=1S/C73H128O17P2/c1-5-9-13-17-21-25-29-30-31-32-33-34-35-36-40-42-46-50-54-58-71(76)84-64-69(90-73(78)60-56-52-48-44-39-28-24-20-16-12-8-4)66-88-92(81,82)86-62-67(74)61-85-91(79,80)87-65-68(89-72(77)59-55-51-47-43-38-27-23-19-15-11-7-3)63-83-70(75)57-53-49-45-41-37-26-22-18-14-10-6-2/h9,13,18-25,30-31,33-34,67-69,74H,5-8,10-12,14-17,26-29,32,35-66H2,1-4H3,(H,79,80)(H,81,82)/b13-9-,22-18-,23-19-,24-20-,25-21-,31-30-,34-33-. The molecule has 0 amide bonds. The van der Waals surface area contributed by atoms with E-state index in [4.69, 9.17) is 37.0 Å². The van der Waals surface area contributed by atoms with Crippen molar-refractivity contribution in [2.45, 2.75) is 316 Å². The number of ether oxygens (including phenoxy) is 4. The number of esters is 4. The van der Waals surface area contributed by atoms with Gasteiger partial charge in [0.2, 0.25) is 0 Å². The van der Waals surface area contributed by atoms with Crippen LogP contribution in [0.3, 0.4) is 0 Å². The second-order valence-corrected chi connectivity index (χ2v) is 26.7. The van der Waals surface area contributed by atoms with Crippen molar-refractivity contribution >= 4 is 39.5 Å². The maximum Gasteiger partial charge on any atom is 0.472 e. The largest absolute Gasteiger partial charge is 0.472 e. The first kappa shape index (κ1) is 88.2. The van der Waals surface area contributed by atoms with Gasteiger partial charge in [-0.3, -0.25) is 37.3 Å². The van der Waals surface area contributed by atoms with Crippen LogP contribution in [0.25, 0.3) is 0 Å². The normalized spacial score (nSPS) is 14.6. The van der Waals surface area contributed by atoms with E-state index in [1.54, 1.807) is 0 Å². The molecular formula is C73H128O17P2. The number of aliphatic hydroxyl groups excluding tert-OH is 1. The third kappa shape index (κ3) is 64.9. The maximum absolute atomic E-state index is 13.0. The van der Waals surface area contributed by atoms with Gasteiger partial charge < -0.3 is 33.8 Å². The lowest BCUT2D eigenvalue weighted by molar-refractivity contribution is -0.161. The van der Waals surface area contributed by atoms with Crippen molar-refractivity contribution < 1.29 is 80.2 Å². The molecule has 0 aromatic carbocycles. The molecule has 17 nitrogen and oxygen atoms in total. The minimum Gasteiger partial charge on any atom is -0.462 e. The molecule has 0 saturated carbocycles. The Morgan fingerprint density at radius 1 is 0.315 bits per heavy atom. The number of aliphatic hydroxyl groups is 1. The summed E-state index contributed by atoms with van der Waals surface area (Å²) in [5, 5.41) is 10.6. The van der Waals surface area contributed by atoms with Crippen LogP contribution in [0.15, 0.2) is 85.1 Å². The fourth-order valence-electron chi connectivity index (χ4n) is 9.27. The van der Waals surface area contributed by atoms with E-state index in [9.17, 15) is 43.2 Å². The van der Waals surface area contributed by atoms with Gasteiger partial charge in [-0.05, 0) is 122 Å². The van der Waals surface area contributed by atoms with Crippen LogP contribution in [-0.2, 0) is 65.4 Å². The SMILES string of the molecule is CC/C=C\C/C=C\C/C=C\C/C=C\CCCCCCCCC(=O)OCC(COP(=O)(O)OCC(O)COP(=O)(O)OCC(COC(=O)CCCCCCC/C=C\CCCC)OC(=O)CCCCCCC/C=C\CCCC)OC(=O)CCCCCCC/C=C\CCCC. The summed E-state index contributed by atoms with van der Waals surface area (Å²) in [6.07, 6.45) is 64.6. The number of allylic oxidation sites excluding steroid dienone is 14. The molecule has 0 spiro atoms. The quantitative estimate of drug-likeness (QED) is 0.0169. The number of phosphoric ester groups is 2. The topological polar surface area (TPSA) is 237 Å². The van der Waals surface area contributed by atoms with Crippen molar-refractivity contribution in [2.75, 3.05) is 39.6 Å². The Balaban J connectivity index is 5.28. The lowest BCUT2D eigenvalue weighted by Crippen LogP contribution is -2.30. The summed E-state index contributed by atoms with van der Waals surface area (Å²) in [7, 11) is -9.93. The molecule has 19 heteroatoms. The second kappa shape index (κ2) is 65.9. The van der Waals surface area contributed by atoms with Gasteiger partial charge in [-0.1, -0.05) is 235 Å². The lowest BCUT2D eigenvalue weighted by atomic mass is 10.1. The number of unbranched alkanes of at least 4 members (excludes halogenated alkanes) is 27. The Labute approximate surface area is 557 Å². The fraction of sp³-hybridized carbons (Fsp3) is 0.753. The zero-order chi connectivity index (χ0) is 67.5. The summed E-state index contributed by atoms with van der Waals surface area (Å²) < 4.78 is 68.2. The highest BCUT2D eigenvalue weighted by Gasteiger charge is 2.30. The molecule has 0 radical (unpaired) electrons. The fourth-order valence-corrected chi connectivity index (χ4v) is 10.8. The number of carbonyl (C=O) groups is 4. The Hall–Kier alpha value is -3.76. The van der Waals surface area contributed by atoms with Crippen LogP contribution in [-0.4, -0.2) is 96.7 Å². The maximum atomic E-state index is 13.0. The van der Waals surface area contributed by atoms with Crippen molar-refractivity contribution in [2.24, 2.45) is 0 Å². The molecule has 92 heavy (non-hydrogen) atoms. The number of rotatable bonds is 67. The minimum atomic E-state index is -4.97. The van der Waals surface area contributed by atoms with E-state index < -0.39 is 97.5 Å². The van der Waals surface area contributed by atoms with Crippen LogP contribution in [0.2, 0.25) is 0 Å². The Morgan fingerprint density at radius 3 is 0.880 bits per heavy atom. The average molecular weight is 1340 g/mol. The van der Waals surface area contributed by atoms with E-state index in [0.717, 1.165) is 180 Å². The lowest BCUT2D eigenvalue weighted by Gasteiger charge is -2.21. The predicted molar refractivity (Wildman–Crippen MR) is 372 cm³/mol. The van der Waals surface area contributed by atoms with Crippen molar-refractivity contribution in [3.63, 3.8) is 0 Å². The molecule has 0 aromatic rings. The van der Waals surface area contributed by atoms with E-state index in [2.05, 4.69) is 113 Å². The highest BCUT2D eigenvalue weighted by molar-refractivity contribution is 7.47. The summed E-state index contributed by atoms with van der Waals surface area (Å²) in [6, 6.07) is 0. The van der Waals surface area contributed by atoms with Gasteiger partial charge in [0.1, 0.15) is 19.3 Å². The molecular weight excluding hydrogens is 1210 g/mol. The van der Waals surface area contributed by atoms with Crippen molar-refractivity contribution in [3.8, 4) is 0 Å². The summed E-state index contributed by atoms with van der Waals surface area (Å²) >= 11 is 0. The first-order valence-electron chi connectivity index (χ1n) is 35.8. The first-order valence-corrected chi connectivity index (χ1v) is 38.8. The van der Waals surface area contributed by atoms with Crippen LogP contribution in [0.5, 0.6) is 0 Å². The first-order chi connectivity index (χ1) is 44.7. The van der Waals surface area contributed by atoms with Crippen LogP contribution < -0.4 is 0 Å². The molecule has 0 saturated heterocycles. The van der Waals surface area contributed by atoms with Crippen molar-refractivity contribution in [1.82, 2.24) is 0 Å². The van der Waals surface area contributed by atoms with Gasteiger partial charge in [0, 0.05) is 25.7 Å². The zero-order valence-corrected chi connectivity index (χ0v) is 59.5. The molecule has 0 aromatic heterocycles. The van der Waals surface area contributed by atoms with Gasteiger partial charge >= 0.3 is 39.5 Å². The monoisotopic (exact) mass is 1340 g/mol. The average Bonchev–Trinajstić information content (AvgIpc) is 2.26. The summed E-state index contributed by atoms with van der Waals surface area (Å²) in [5.41, 5.74) is 0. The van der Waals surface area contributed by atoms with Crippen LogP contribution >= 0.6 is 15.6 Å². The minimum absolute atomic E-state index is 0.0815. The van der Waals surface area contributed by atoms with E-state index in [-0.39, 0.29) is 25.7 Å². The smallest absolute Gasteiger partial charge is 0.462 e. The summed E-state index contributed by atoms with van der Waals surface area (Å²) in [5.74, 6) is -2.21. The Kier molecular flexibility index (Phi) is 63.2. The highest BCUT2D eigenvalue weighted by Crippen LogP contribution is 2.45. The van der Waals surface area contributed by atoms with E-state index in [0.29, 0.717) is 25.7 Å². The van der Waals surface area contributed by atoms with Crippen molar-refractivity contribution in [1.29, 1.82) is 0 Å². The number of hydrogen-bond donors (Lipinski definition) is 3. The molecule has 0 aliphatic carbocycles. The van der Waals surface area contributed by atoms with Gasteiger partial charge in [-0.25, -0.2) is 9.13 Å². The number of phosphoric acid groups is 2. The highest BCUT2D eigenvalue weighted by atomic mass is 31.2. The van der Waals surface area contributed by atoms with Crippen LogP contribution in [0, 0.1) is 0 Å². The molecule has 5 unspecified atom stereocenters. The second-order valence-electron chi connectivity index (χ2n) is 23.8. The van der Waals surface area contributed by atoms with Crippen LogP contribution in [0.1, 0.15) is 297 Å². The number of hydrogen-bond acceptors (Lipinski definition) is 15. The van der Waals surface area contributed by atoms with Gasteiger partial charge in [-0.15, -0.1) is 0 Å². The van der Waals surface area contributed by atoms with Gasteiger partial charge in [-0.2, -0.15) is 0 Å². The summed E-state index contributed by atoms with van der Waals surface area (Å²) in [6.45, 7) is 4.59. The van der Waals surface area contributed by atoms with E-state index in [1.807, 2.05) is 0 Å². The van der Waals surface area contributed by atoms with E-state index >= 15 is 0 Å². The summed E-state index contributed by atoms with van der Waals surface area (Å²) in [4.78, 5) is 72.5. The molecule has 532 valence electrons. The molecule has 3 N–H and O–H groups in total. The number of carbonyl (C=O) groups excluding carboxylic acids is 4. The molecule has 0 aliphatic rings. The molecule has 0 rings (SSSR count). The van der Waals surface area contributed by atoms with Gasteiger partial charge in [0.05, 0.1) is 26.4 Å². The van der Waals surface area contributed by atoms with Crippen LogP contribution in [0.4, 0.5) is 0 Å². The van der Waals surface area contributed by atoms with Gasteiger partial charge in [0.15, 0.2) is 12.2 Å². The van der Waals surface area contributed by atoms with Gasteiger partial charge in [0.25, 0.3) is 0 Å². The molecule has 0 fully saturated rings. The molecule has 0 aliphatic heterocycles. The third-order valence-corrected chi connectivity index (χ3v) is 16.7. The van der Waals surface area contributed by atoms with Crippen molar-refractivity contribution in [3.05, 3.63) is 85.1 Å². The molecule has 5 atom stereocenters. The van der Waals surface area contributed by atoms with E-state index in [1.165, 1.54) is 38.5 Å². The Morgan fingerprint density at radius 2 is 0.565 bits per heavy atom. The Bertz CT molecular complexity index is 2090. The molecule has 0 heterocycles. The third-order valence-electron chi connectivity index (χ3n) is 14.8. The molecule has 0 bridgehead atoms. The zero-order valence-electron chi connectivity index (χ0n) is 57.7. The predicted octanol–water partition coefficient (Wildman–Crippen LogP) is 19.9.